The number of aromatic amines is 1. The minimum atomic E-state index is -5.08. The number of anilines is 1. The number of carbonyl (C=O) groups is 1. The molecule has 2 aromatic heterocycles. The topological polar surface area (TPSA) is 85.4 Å². The van der Waals surface area contributed by atoms with Gasteiger partial charge in [-0.3, -0.25) is 10.00 Å². The van der Waals surface area contributed by atoms with E-state index in [0.717, 1.165) is 39.1 Å². The van der Waals surface area contributed by atoms with E-state index in [1.165, 1.54) is 16.4 Å². The minimum Gasteiger partial charge on any atom is -0.475 e. The van der Waals surface area contributed by atoms with Crippen LogP contribution in [0.3, 0.4) is 0 Å². The van der Waals surface area contributed by atoms with E-state index < -0.39 is 12.1 Å². The SMILES string of the molecule is CCc1nc(CN2CCN(c3cn[nH]c3)CC2)cs1.O=C(O)C(F)(F)F. The number of hydrogen-bond donors (Lipinski definition) is 2. The van der Waals surface area contributed by atoms with Gasteiger partial charge in [-0.15, -0.1) is 11.3 Å². The molecular formula is C15H20F3N5O2S. The van der Waals surface area contributed by atoms with Gasteiger partial charge in [0.15, 0.2) is 0 Å². The third-order valence-electron chi connectivity index (χ3n) is 3.75. The van der Waals surface area contributed by atoms with Crippen molar-refractivity contribution in [2.45, 2.75) is 26.1 Å². The lowest BCUT2D eigenvalue weighted by Gasteiger charge is -2.34. The highest BCUT2D eigenvalue weighted by molar-refractivity contribution is 7.09. The average Bonchev–Trinajstić information content (AvgIpc) is 3.27. The lowest BCUT2D eigenvalue weighted by Crippen LogP contribution is -2.45. The van der Waals surface area contributed by atoms with Crippen LogP contribution < -0.4 is 4.90 Å². The molecule has 0 spiro atoms. The van der Waals surface area contributed by atoms with Crippen molar-refractivity contribution in [3.05, 3.63) is 28.5 Å². The summed E-state index contributed by atoms with van der Waals surface area (Å²) in [5.41, 5.74) is 2.42. The zero-order valence-corrected chi connectivity index (χ0v) is 15.0. The molecule has 0 unspecified atom stereocenters. The fraction of sp³-hybridized carbons (Fsp3) is 0.533. The van der Waals surface area contributed by atoms with Crippen molar-refractivity contribution in [3.63, 3.8) is 0 Å². The van der Waals surface area contributed by atoms with Gasteiger partial charge in [0.25, 0.3) is 0 Å². The van der Waals surface area contributed by atoms with E-state index in [0.29, 0.717) is 0 Å². The maximum atomic E-state index is 10.6. The first-order chi connectivity index (χ1) is 12.3. The van der Waals surface area contributed by atoms with Gasteiger partial charge in [-0.1, -0.05) is 6.92 Å². The number of nitrogens with one attached hydrogen (secondary N) is 1. The molecule has 26 heavy (non-hydrogen) atoms. The Kier molecular flexibility index (Phi) is 6.98. The van der Waals surface area contributed by atoms with Crippen LogP contribution in [0.4, 0.5) is 18.9 Å². The highest BCUT2D eigenvalue weighted by Gasteiger charge is 2.38. The number of H-pyrrole nitrogens is 1. The number of thiazole rings is 1. The molecule has 0 bridgehead atoms. The van der Waals surface area contributed by atoms with Gasteiger partial charge < -0.3 is 10.0 Å². The third kappa shape index (κ3) is 5.99. The maximum absolute atomic E-state index is 10.6. The molecule has 1 saturated heterocycles. The summed E-state index contributed by atoms with van der Waals surface area (Å²) >= 11 is 1.78. The number of aryl methyl sites for hydroxylation is 1. The van der Waals surface area contributed by atoms with Crippen molar-refractivity contribution >= 4 is 23.0 Å². The van der Waals surface area contributed by atoms with Gasteiger partial charge in [-0.05, 0) is 6.42 Å². The van der Waals surface area contributed by atoms with Crippen LogP contribution in [0.1, 0.15) is 17.6 Å². The first kappa shape index (κ1) is 20.2. The highest BCUT2D eigenvalue weighted by atomic mass is 32.1. The molecular weight excluding hydrogens is 371 g/mol. The van der Waals surface area contributed by atoms with Gasteiger partial charge in [-0.2, -0.15) is 18.3 Å². The number of hydrogen-bond acceptors (Lipinski definition) is 6. The summed E-state index contributed by atoms with van der Waals surface area (Å²) in [6.45, 7) is 7.44. The second-order valence-electron chi connectivity index (χ2n) is 5.61. The lowest BCUT2D eigenvalue weighted by molar-refractivity contribution is -0.192. The van der Waals surface area contributed by atoms with Crippen molar-refractivity contribution in [2.75, 3.05) is 31.1 Å². The fourth-order valence-electron chi connectivity index (χ4n) is 2.39. The second-order valence-corrected chi connectivity index (χ2v) is 6.55. The van der Waals surface area contributed by atoms with Crippen molar-refractivity contribution in [3.8, 4) is 0 Å². The molecule has 2 N–H and O–H groups in total. The van der Waals surface area contributed by atoms with Crippen molar-refractivity contribution < 1.29 is 23.1 Å². The number of alkyl halides is 3. The molecule has 11 heteroatoms. The van der Waals surface area contributed by atoms with Crippen LogP contribution in [0, 0.1) is 0 Å². The van der Waals surface area contributed by atoms with Gasteiger partial charge in [0.1, 0.15) is 0 Å². The Hall–Kier alpha value is -2.14. The third-order valence-corrected chi connectivity index (χ3v) is 4.79. The molecule has 0 aliphatic carbocycles. The second kappa shape index (κ2) is 8.99. The summed E-state index contributed by atoms with van der Waals surface area (Å²) in [6.07, 6.45) is -0.188. The molecule has 1 aliphatic rings. The molecule has 1 fully saturated rings. The Bertz CT molecular complexity index is 682. The first-order valence-electron chi connectivity index (χ1n) is 7.99. The molecule has 3 heterocycles. The predicted molar refractivity (Wildman–Crippen MR) is 91.3 cm³/mol. The number of rotatable bonds is 4. The van der Waals surface area contributed by atoms with E-state index in [1.54, 1.807) is 11.3 Å². The summed E-state index contributed by atoms with van der Waals surface area (Å²) in [5, 5.41) is 17.4. The molecule has 0 amide bonds. The van der Waals surface area contributed by atoms with E-state index in [1.807, 2.05) is 12.4 Å². The number of halogens is 3. The normalized spacial score (nSPS) is 15.5. The predicted octanol–water partition coefficient (Wildman–Crippen LogP) is 2.38. The molecule has 0 saturated carbocycles. The number of carboxylic acid groups (broad SMARTS) is 1. The molecule has 0 radical (unpaired) electrons. The molecule has 3 rings (SSSR count). The first-order valence-corrected chi connectivity index (χ1v) is 8.87. The molecule has 0 aromatic carbocycles. The van der Waals surface area contributed by atoms with Crippen LogP contribution in [0.25, 0.3) is 0 Å². The molecule has 2 aromatic rings. The molecule has 1 aliphatic heterocycles. The zero-order valence-electron chi connectivity index (χ0n) is 14.2. The lowest BCUT2D eigenvalue weighted by atomic mass is 10.3. The standard InChI is InChI=1S/C13H19N5S.C2HF3O2/c1-2-13-16-11(10-19-13)9-17-3-5-18(6-4-17)12-7-14-15-8-12;3-2(4,5)1(6)7/h7-8,10H,2-6,9H2,1H3,(H,14,15);(H,6,7). The van der Waals surface area contributed by atoms with Gasteiger partial charge in [0.2, 0.25) is 0 Å². The Morgan fingerprint density at radius 2 is 2.00 bits per heavy atom. The van der Waals surface area contributed by atoms with Gasteiger partial charge in [0.05, 0.1) is 22.6 Å². The quantitative estimate of drug-likeness (QED) is 0.833. The van der Waals surface area contributed by atoms with Crippen LogP contribution in [-0.2, 0) is 17.8 Å². The summed E-state index contributed by atoms with van der Waals surface area (Å²) in [5.74, 6) is -2.76. The largest absolute Gasteiger partial charge is 0.490 e. The average molecular weight is 391 g/mol. The summed E-state index contributed by atoms with van der Waals surface area (Å²) in [7, 11) is 0. The molecule has 144 valence electrons. The number of nitrogens with zero attached hydrogens (tertiary/aromatic N) is 4. The van der Waals surface area contributed by atoms with Gasteiger partial charge in [-0.25, -0.2) is 9.78 Å². The Balaban J connectivity index is 0.000000298. The van der Waals surface area contributed by atoms with Gasteiger partial charge in [0, 0.05) is 44.3 Å². The van der Waals surface area contributed by atoms with Gasteiger partial charge >= 0.3 is 12.1 Å². The summed E-state index contributed by atoms with van der Waals surface area (Å²) in [6, 6.07) is 0. The van der Waals surface area contributed by atoms with E-state index in [4.69, 9.17) is 9.90 Å². The Morgan fingerprint density at radius 3 is 2.46 bits per heavy atom. The van der Waals surface area contributed by atoms with E-state index in [-0.39, 0.29) is 0 Å². The van der Waals surface area contributed by atoms with Crippen LogP contribution >= 0.6 is 11.3 Å². The van der Waals surface area contributed by atoms with Crippen LogP contribution in [0.2, 0.25) is 0 Å². The van der Waals surface area contributed by atoms with E-state index in [9.17, 15) is 13.2 Å². The Morgan fingerprint density at radius 1 is 1.35 bits per heavy atom. The maximum Gasteiger partial charge on any atom is 0.490 e. The highest BCUT2D eigenvalue weighted by Crippen LogP contribution is 2.17. The zero-order chi connectivity index (χ0) is 19.2. The van der Waals surface area contributed by atoms with Crippen LogP contribution in [0.15, 0.2) is 17.8 Å². The number of carboxylic acids is 1. The number of aromatic nitrogens is 3. The molecule has 0 atom stereocenters. The van der Waals surface area contributed by atoms with Crippen LogP contribution in [0.5, 0.6) is 0 Å². The molecule has 7 nitrogen and oxygen atoms in total. The van der Waals surface area contributed by atoms with Crippen LogP contribution in [-0.4, -0.2) is 63.5 Å². The van der Waals surface area contributed by atoms with Crippen molar-refractivity contribution in [1.82, 2.24) is 20.1 Å². The fourth-order valence-corrected chi connectivity index (χ4v) is 3.13. The van der Waals surface area contributed by atoms with E-state index >= 15 is 0 Å². The van der Waals surface area contributed by atoms with E-state index in [2.05, 4.69) is 37.3 Å². The monoisotopic (exact) mass is 391 g/mol. The van der Waals surface area contributed by atoms with Crippen molar-refractivity contribution in [1.29, 1.82) is 0 Å². The smallest absolute Gasteiger partial charge is 0.475 e. The number of piperazine rings is 1. The number of aliphatic carboxylic acids is 1. The van der Waals surface area contributed by atoms with Crippen molar-refractivity contribution in [2.24, 2.45) is 0 Å². The summed E-state index contributed by atoms with van der Waals surface area (Å²) in [4.78, 5) is 18.4. The Labute approximate surface area is 152 Å². The minimum absolute atomic E-state index is 0.982. The summed E-state index contributed by atoms with van der Waals surface area (Å²) < 4.78 is 31.7.